The van der Waals surface area contributed by atoms with Gasteiger partial charge in [-0.05, 0) is 44.2 Å². The first kappa shape index (κ1) is 27.3. The highest BCUT2D eigenvalue weighted by Gasteiger charge is 2.10. The standard InChI is InChI=1S/C29H47N3O/c1-2-3-4-5-6-7-8-9-10-11-12-13-14-15-16-17-18-19-20-21-26-29(33)32-28-25-23-22-24-27(28)30-31-32/h6-7,22-25H,2-5,8-21,26H2,1H3/b7-6+. The molecule has 0 saturated carbocycles. The summed E-state index contributed by atoms with van der Waals surface area (Å²) in [6.45, 7) is 2.27. The summed E-state index contributed by atoms with van der Waals surface area (Å²) in [6.07, 6.45) is 29.0. The van der Waals surface area contributed by atoms with Crippen LogP contribution in [0.2, 0.25) is 0 Å². The van der Waals surface area contributed by atoms with Crippen molar-refractivity contribution < 1.29 is 4.79 Å². The molecule has 0 radical (unpaired) electrons. The summed E-state index contributed by atoms with van der Waals surface area (Å²) in [6, 6.07) is 7.64. The molecule has 0 atom stereocenters. The van der Waals surface area contributed by atoms with Crippen molar-refractivity contribution in [1.82, 2.24) is 15.0 Å². The van der Waals surface area contributed by atoms with Crippen LogP contribution in [0.15, 0.2) is 36.4 Å². The van der Waals surface area contributed by atoms with Crippen molar-refractivity contribution in [2.45, 2.75) is 129 Å². The molecule has 1 heterocycles. The van der Waals surface area contributed by atoms with Crippen LogP contribution in [0.5, 0.6) is 0 Å². The molecule has 184 valence electrons. The zero-order chi connectivity index (χ0) is 23.4. The van der Waals surface area contributed by atoms with Gasteiger partial charge in [0.2, 0.25) is 5.91 Å². The number of para-hydroxylation sites is 1. The van der Waals surface area contributed by atoms with E-state index in [1.807, 2.05) is 24.3 Å². The summed E-state index contributed by atoms with van der Waals surface area (Å²) in [5.41, 5.74) is 1.60. The van der Waals surface area contributed by atoms with Gasteiger partial charge in [-0.3, -0.25) is 4.79 Å². The zero-order valence-corrected chi connectivity index (χ0v) is 21.1. The minimum absolute atomic E-state index is 0.0579. The topological polar surface area (TPSA) is 47.8 Å². The van der Waals surface area contributed by atoms with Crippen molar-refractivity contribution in [1.29, 1.82) is 0 Å². The van der Waals surface area contributed by atoms with Crippen LogP contribution >= 0.6 is 0 Å². The summed E-state index contributed by atoms with van der Waals surface area (Å²) in [5.74, 6) is 0.0579. The summed E-state index contributed by atoms with van der Waals surface area (Å²) in [5, 5.41) is 8.08. The molecular formula is C29H47N3O. The van der Waals surface area contributed by atoms with Gasteiger partial charge in [-0.15, -0.1) is 5.10 Å². The van der Waals surface area contributed by atoms with Gasteiger partial charge in [-0.2, -0.15) is 4.68 Å². The number of carbonyl (C=O) groups is 1. The number of allylic oxidation sites excluding steroid dienone is 2. The monoisotopic (exact) mass is 453 g/mol. The third-order valence-electron chi connectivity index (χ3n) is 6.49. The number of unbranched alkanes of at least 4 members (excludes halogenated alkanes) is 16. The SMILES string of the molecule is CCCCC/C=C/CCCCCCCCCCCCCCCC(=O)n1nnc2ccccc21. The van der Waals surface area contributed by atoms with Crippen molar-refractivity contribution >= 4 is 16.9 Å². The van der Waals surface area contributed by atoms with Gasteiger partial charge in [0.15, 0.2) is 0 Å². The van der Waals surface area contributed by atoms with Crippen molar-refractivity contribution in [3.8, 4) is 0 Å². The van der Waals surface area contributed by atoms with Crippen LogP contribution in [0.4, 0.5) is 0 Å². The van der Waals surface area contributed by atoms with Gasteiger partial charge in [-0.1, -0.05) is 120 Å². The molecule has 1 aromatic carbocycles. The average molecular weight is 454 g/mol. The number of aromatic nitrogens is 3. The molecule has 0 saturated heterocycles. The molecule has 33 heavy (non-hydrogen) atoms. The Morgan fingerprint density at radius 1 is 0.727 bits per heavy atom. The molecule has 4 nitrogen and oxygen atoms in total. The van der Waals surface area contributed by atoms with Gasteiger partial charge >= 0.3 is 0 Å². The molecule has 0 aliphatic heterocycles. The molecule has 2 aromatic rings. The summed E-state index contributed by atoms with van der Waals surface area (Å²) < 4.78 is 1.46. The quantitative estimate of drug-likeness (QED) is 0.148. The Morgan fingerprint density at radius 3 is 1.85 bits per heavy atom. The number of benzene rings is 1. The molecule has 0 N–H and O–H groups in total. The van der Waals surface area contributed by atoms with E-state index in [0.29, 0.717) is 6.42 Å². The van der Waals surface area contributed by atoms with Crippen molar-refractivity contribution in [3.05, 3.63) is 36.4 Å². The van der Waals surface area contributed by atoms with Gasteiger partial charge in [0.05, 0.1) is 5.52 Å². The number of nitrogens with zero attached hydrogens (tertiary/aromatic N) is 3. The average Bonchev–Trinajstić information content (AvgIpc) is 3.27. The van der Waals surface area contributed by atoms with Crippen molar-refractivity contribution in [3.63, 3.8) is 0 Å². The van der Waals surface area contributed by atoms with Crippen LogP contribution in [0.25, 0.3) is 11.0 Å². The van der Waals surface area contributed by atoms with E-state index in [0.717, 1.165) is 23.9 Å². The van der Waals surface area contributed by atoms with Gasteiger partial charge in [0.25, 0.3) is 0 Å². The molecule has 1 aromatic heterocycles. The van der Waals surface area contributed by atoms with Gasteiger partial charge < -0.3 is 0 Å². The number of rotatable bonds is 20. The molecule has 0 amide bonds. The number of carbonyl (C=O) groups excluding carboxylic acids is 1. The molecular weight excluding hydrogens is 406 g/mol. The lowest BCUT2D eigenvalue weighted by atomic mass is 10.0. The fourth-order valence-corrected chi connectivity index (χ4v) is 4.39. The first-order valence-electron chi connectivity index (χ1n) is 13.8. The van der Waals surface area contributed by atoms with Gasteiger partial charge in [0.1, 0.15) is 5.52 Å². The molecule has 0 unspecified atom stereocenters. The predicted molar refractivity (Wildman–Crippen MR) is 141 cm³/mol. The lowest BCUT2D eigenvalue weighted by Crippen LogP contribution is -2.12. The molecule has 0 spiro atoms. The van der Waals surface area contributed by atoms with E-state index in [1.165, 1.54) is 107 Å². The summed E-state index contributed by atoms with van der Waals surface area (Å²) in [4.78, 5) is 12.4. The van der Waals surface area contributed by atoms with Crippen LogP contribution in [0.1, 0.15) is 134 Å². The molecule has 0 bridgehead atoms. The van der Waals surface area contributed by atoms with Crippen LogP contribution in [0, 0.1) is 0 Å². The zero-order valence-electron chi connectivity index (χ0n) is 21.1. The largest absolute Gasteiger partial charge is 0.273 e. The van der Waals surface area contributed by atoms with Crippen LogP contribution in [0.3, 0.4) is 0 Å². The fraction of sp³-hybridized carbons (Fsp3) is 0.690. The summed E-state index contributed by atoms with van der Waals surface area (Å²) >= 11 is 0. The normalized spacial score (nSPS) is 11.7. The maximum absolute atomic E-state index is 12.4. The van der Waals surface area contributed by atoms with Crippen LogP contribution in [-0.4, -0.2) is 20.9 Å². The third-order valence-corrected chi connectivity index (χ3v) is 6.49. The lowest BCUT2D eigenvalue weighted by Gasteiger charge is -2.04. The minimum atomic E-state index is 0.0579. The molecule has 0 aliphatic rings. The molecule has 0 fully saturated rings. The number of hydrogen-bond donors (Lipinski definition) is 0. The second kappa shape index (κ2) is 18.5. The Balaban J connectivity index is 1.31. The molecule has 2 rings (SSSR count). The Bertz CT molecular complexity index is 780. The first-order valence-corrected chi connectivity index (χ1v) is 13.8. The third kappa shape index (κ3) is 12.2. The lowest BCUT2D eigenvalue weighted by molar-refractivity contribution is 0.0886. The highest BCUT2D eigenvalue weighted by atomic mass is 16.2. The van der Waals surface area contributed by atoms with Crippen molar-refractivity contribution in [2.24, 2.45) is 0 Å². The second-order valence-corrected chi connectivity index (χ2v) is 9.49. The minimum Gasteiger partial charge on any atom is -0.273 e. The Kier molecular flexibility index (Phi) is 15.3. The molecule has 0 aliphatic carbocycles. The van der Waals surface area contributed by atoms with Crippen LogP contribution < -0.4 is 0 Å². The van der Waals surface area contributed by atoms with E-state index in [1.54, 1.807) is 0 Å². The van der Waals surface area contributed by atoms with E-state index in [2.05, 4.69) is 29.4 Å². The highest BCUT2D eigenvalue weighted by Crippen LogP contribution is 2.15. The maximum Gasteiger partial charge on any atom is 0.248 e. The Morgan fingerprint density at radius 2 is 1.24 bits per heavy atom. The van der Waals surface area contributed by atoms with E-state index in [4.69, 9.17) is 0 Å². The molecule has 4 heteroatoms. The first-order chi connectivity index (χ1) is 16.3. The second-order valence-electron chi connectivity index (χ2n) is 9.49. The maximum atomic E-state index is 12.4. The van der Waals surface area contributed by atoms with E-state index < -0.39 is 0 Å². The van der Waals surface area contributed by atoms with Gasteiger partial charge in [0, 0.05) is 6.42 Å². The predicted octanol–water partition coefficient (Wildman–Crippen LogP) is 9.06. The number of fused-ring (bicyclic) bond motifs is 1. The van der Waals surface area contributed by atoms with Gasteiger partial charge in [-0.25, -0.2) is 0 Å². The van der Waals surface area contributed by atoms with E-state index in [-0.39, 0.29) is 5.91 Å². The Labute approximate surface area is 202 Å². The fourth-order valence-electron chi connectivity index (χ4n) is 4.39. The smallest absolute Gasteiger partial charge is 0.248 e. The van der Waals surface area contributed by atoms with Crippen molar-refractivity contribution in [2.75, 3.05) is 0 Å². The van der Waals surface area contributed by atoms with Crippen LogP contribution in [-0.2, 0) is 0 Å². The number of hydrogen-bond acceptors (Lipinski definition) is 3. The van der Waals surface area contributed by atoms with E-state index in [9.17, 15) is 4.79 Å². The summed E-state index contributed by atoms with van der Waals surface area (Å²) in [7, 11) is 0. The Hall–Kier alpha value is -1.97. The van der Waals surface area contributed by atoms with E-state index >= 15 is 0 Å². The highest BCUT2D eigenvalue weighted by molar-refractivity contribution is 5.88.